The van der Waals surface area contributed by atoms with Crippen LogP contribution in [-0.2, 0) is 6.42 Å². The number of aromatic nitrogens is 3. The summed E-state index contributed by atoms with van der Waals surface area (Å²) in [6, 6.07) is 8.68. The van der Waals surface area contributed by atoms with Crippen LogP contribution in [0.4, 0.5) is 0 Å². The fourth-order valence-corrected chi connectivity index (χ4v) is 5.08. The van der Waals surface area contributed by atoms with Gasteiger partial charge in [-0.15, -0.1) is 5.10 Å². The average molecular weight is 371 g/mol. The smallest absolute Gasteiger partial charge is 0.230 e. The number of piperidine rings is 1. The molecule has 0 spiro atoms. The minimum Gasteiger partial charge on any atom is -0.492 e. The summed E-state index contributed by atoms with van der Waals surface area (Å²) in [5.41, 5.74) is 2.47. The first-order chi connectivity index (χ1) is 12.6. The lowest BCUT2D eigenvalue weighted by Gasteiger charge is -2.37. The van der Waals surface area contributed by atoms with Crippen molar-refractivity contribution >= 4 is 16.3 Å². The van der Waals surface area contributed by atoms with Crippen molar-refractivity contribution in [1.82, 2.24) is 19.5 Å². The van der Waals surface area contributed by atoms with Gasteiger partial charge in [0.15, 0.2) is 5.82 Å². The molecule has 0 amide bonds. The summed E-state index contributed by atoms with van der Waals surface area (Å²) in [5.74, 6) is 1.69. The van der Waals surface area contributed by atoms with Crippen molar-refractivity contribution in [1.29, 1.82) is 0 Å². The standard InChI is InChI=1S/C20H26N4OS/c1-4-16-21-20-24(22-16)19(25)18(26-20)17(15-9-5-7-13(2)11-15)23-10-6-8-14(3)12-23/h5,7,9,11,14,17,25H,4,6,8,10,12H2,1-3H3/t14-,17-/m0/s1. The van der Waals surface area contributed by atoms with Gasteiger partial charge >= 0.3 is 0 Å². The molecule has 4 rings (SSSR count). The normalized spacial score (nSPS) is 19.9. The average Bonchev–Trinajstić information content (AvgIpc) is 3.15. The Morgan fingerprint density at radius 2 is 2.23 bits per heavy atom. The third-order valence-electron chi connectivity index (χ3n) is 5.22. The summed E-state index contributed by atoms with van der Waals surface area (Å²) in [4.78, 5) is 8.79. The van der Waals surface area contributed by atoms with Gasteiger partial charge in [-0.3, -0.25) is 4.90 Å². The fraction of sp³-hybridized carbons (Fsp3) is 0.500. The molecule has 0 radical (unpaired) electrons. The zero-order chi connectivity index (χ0) is 18.3. The highest BCUT2D eigenvalue weighted by atomic mass is 32.1. The number of likely N-dealkylation sites (tertiary alicyclic amines) is 1. The first-order valence-corrected chi connectivity index (χ1v) is 10.3. The molecule has 3 heterocycles. The maximum Gasteiger partial charge on any atom is 0.230 e. The van der Waals surface area contributed by atoms with E-state index in [0.29, 0.717) is 5.92 Å². The molecule has 6 heteroatoms. The molecule has 0 bridgehead atoms. The lowest BCUT2D eigenvalue weighted by atomic mass is 9.95. The van der Waals surface area contributed by atoms with Crippen LogP contribution >= 0.6 is 11.3 Å². The monoisotopic (exact) mass is 370 g/mol. The third kappa shape index (κ3) is 3.12. The van der Waals surface area contributed by atoms with E-state index in [1.807, 2.05) is 6.92 Å². The summed E-state index contributed by atoms with van der Waals surface area (Å²) in [5, 5.41) is 15.4. The maximum atomic E-state index is 10.9. The Balaban J connectivity index is 1.82. The van der Waals surface area contributed by atoms with E-state index in [-0.39, 0.29) is 11.9 Å². The van der Waals surface area contributed by atoms with Crippen LogP contribution in [0.5, 0.6) is 5.88 Å². The first-order valence-electron chi connectivity index (χ1n) is 9.44. The van der Waals surface area contributed by atoms with E-state index in [2.05, 4.69) is 53.1 Å². The predicted octanol–water partition coefficient (Wildman–Crippen LogP) is 4.19. The molecule has 1 aliphatic rings. The van der Waals surface area contributed by atoms with E-state index in [1.165, 1.54) is 24.0 Å². The van der Waals surface area contributed by atoms with Gasteiger partial charge in [-0.1, -0.05) is 55.0 Å². The zero-order valence-corrected chi connectivity index (χ0v) is 16.5. The largest absolute Gasteiger partial charge is 0.492 e. The molecule has 0 unspecified atom stereocenters. The van der Waals surface area contributed by atoms with Gasteiger partial charge in [0.05, 0.1) is 10.9 Å². The number of fused-ring (bicyclic) bond motifs is 1. The van der Waals surface area contributed by atoms with Gasteiger partial charge in [-0.05, 0) is 37.8 Å². The molecule has 0 aliphatic carbocycles. The van der Waals surface area contributed by atoms with Crippen molar-refractivity contribution in [2.24, 2.45) is 5.92 Å². The molecular weight excluding hydrogens is 344 g/mol. The van der Waals surface area contributed by atoms with Gasteiger partial charge in [0, 0.05) is 13.0 Å². The molecule has 26 heavy (non-hydrogen) atoms. The van der Waals surface area contributed by atoms with Gasteiger partial charge in [0.1, 0.15) is 0 Å². The number of nitrogens with zero attached hydrogens (tertiary/aromatic N) is 4. The minimum atomic E-state index is 0.0521. The molecule has 2 aromatic heterocycles. The van der Waals surface area contributed by atoms with Crippen LogP contribution in [0.25, 0.3) is 4.96 Å². The van der Waals surface area contributed by atoms with E-state index >= 15 is 0 Å². The molecule has 2 atom stereocenters. The van der Waals surface area contributed by atoms with Crippen molar-refractivity contribution in [3.8, 4) is 5.88 Å². The van der Waals surface area contributed by atoms with Crippen LogP contribution in [0, 0.1) is 12.8 Å². The second-order valence-corrected chi connectivity index (χ2v) is 8.43. The Hall–Kier alpha value is -1.92. The molecule has 1 aliphatic heterocycles. The summed E-state index contributed by atoms with van der Waals surface area (Å²) >= 11 is 1.56. The SMILES string of the molecule is CCc1nc2sc([C@H](c3cccc(C)c3)N3CCC[C@H](C)C3)c(O)n2n1. The van der Waals surface area contributed by atoms with Crippen LogP contribution in [0.3, 0.4) is 0 Å². The molecular formula is C20H26N4OS. The zero-order valence-electron chi connectivity index (χ0n) is 15.6. The van der Waals surface area contributed by atoms with Crippen LogP contribution in [-0.4, -0.2) is 37.7 Å². The fourth-order valence-electron chi connectivity index (χ4n) is 3.95. The second-order valence-electron chi connectivity index (χ2n) is 7.42. The molecule has 1 N–H and O–H groups in total. The molecule has 3 aromatic rings. The first kappa shape index (κ1) is 17.5. The van der Waals surface area contributed by atoms with Gasteiger partial charge in [0.25, 0.3) is 0 Å². The summed E-state index contributed by atoms with van der Waals surface area (Å²) in [6.07, 6.45) is 3.25. The van der Waals surface area contributed by atoms with E-state index in [0.717, 1.165) is 35.2 Å². The Kier molecular flexibility index (Phi) is 4.71. The number of aromatic hydroxyl groups is 1. The number of rotatable bonds is 4. The molecule has 1 fully saturated rings. The second kappa shape index (κ2) is 7.00. The highest BCUT2D eigenvalue weighted by Gasteiger charge is 2.31. The quantitative estimate of drug-likeness (QED) is 0.748. The predicted molar refractivity (Wildman–Crippen MR) is 105 cm³/mol. The van der Waals surface area contributed by atoms with Gasteiger partial charge < -0.3 is 5.11 Å². The van der Waals surface area contributed by atoms with Crippen LogP contribution in [0.15, 0.2) is 24.3 Å². The minimum absolute atomic E-state index is 0.0521. The van der Waals surface area contributed by atoms with E-state index in [1.54, 1.807) is 15.9 Å². The number of thiazole rings is 1. The van der Waals surface area contributed by atoms with Gasteiger partial charge in [-0.2, -0.15) is 4.52 Å². The third-order valence-corrected chi connectivity index (χ3v) is 6.29. The number of aryl methyl sites for hydroxylation is 2. The summed E-state index contributed by atoms with van der Waals surface area (Å²) < 4.78 is 1.61. The van der Waals surface area contributed by atoms with Crippen molar-refractivity contribution in [3.05, 3.63) is 46.1 Å². The molecule has 1 saturated heterocycles. The molecule has 0 saturated carbocycles. The Bertz CT molecular complexity index is 916. The molecule has 1 aromatic carbocycles. The number of hydrogen-bond donors (Lipinski definition) is 1. The van der Waals surface area contributed by atoms with Crippen LogP contribution < -0.4 is 0 Å². The maximum absolute atomic E-state index is 10.9. The lowest BCUT2D eigenvalue weighted by molar-refractivity contribution is 0.149. The highest BCUT2D eigenvalue weighted by molar-refractivity contribution is 7.17. The number of hydrogen-bond acceptors (Lipinski definition) is 5. The van der Waals surface area contributed by atoms with Crippen molar-refractivity contribution in [2.45, 2.75) is 46.1 Å². The van der Waals surface area contributed by atoms with Gasteiger partial charge in [-0.25, -0.2) is 4.98 Å². The number of benzene rings is 1. The molecule has 5 nitrogen and oxygen atoms in total. The van der Waals surface area contributed by atoms with Crippen molar-refractivity contribution in [2.75, 3.05) is 13.1 Å². The van der Waals surface area contributed by atoms with Crippen LogP contribution in [0.2, 0.25) is 0 Å². The van der Waals surface area contributed by atoms with E-state index in [9.17, 15) is 5.11 Å². The Morgan fingerprint density at radius 1 is 1.38 bits per heavy atom. The highest BCUT2D eigenvalue weighted by Crippen LogP contribution is 2.41. The lowest BCUT2D eigenvalue weighted by Crippen LogP contribution is -2.37. The molecule has 138 valence electrons. The summed E-state index contributed by atoms with van der Waals surface area (Å²) in [7, 11) is 0. The topological polar surface area (TPSA) is 53.7 Å². The Morgan fingerprint density at radius 3 is 2.92 bits per heavy atom. The van der Waals surface area contributed by atoms with Crippen LogP contribution in [0.1, 0.15) is 54.6 Å². The van der Waals surface area contributed by atoms with E-state index < -0.39 is 0 Å². The summed E-state index contributed by atoms with van der Waals surface area (Å²) in [6.45, 7) is 8.56. The van der Waals surface area contributed by atoms with E-state index in [4.69, 9.17) is 0 Å². The van der Waals surface area contributed by atoms with Crippen molar-refractivity contribution < 1.29 is 5.11 Å². The van der Waals surface area contributed by atoms with Gasteiger partial charge in [0.2, 0.25) is 10.8 Å². The Labute approximate surface area is 158 Å². The van der Waals surface area contributed by atoms with Crippen molar-refractivity contribution in [3.63, 3.8) is 0 Å².